The maximum Gasteiger partial charge on any atom is 0.0408 e. The van der Waals surface area contributed by atoms with Crippen LogP contribution in [0.15, 0.2) is 18.2 Å². The van der Waals surface area contributed by atoms with E-state index in [1.807, 2.05) is 6.07 Å². The molecular formula is C12H17Cl. The highest BCUT2D eigenvalue weighted by molar-refractivity contribution is 6.30. The van der Waals surface area contributed by atoms with Gasteiger partial charge in [-0.1, -0.05) is 31.5 Å². The first kappa shape index (κ1) is 10.6. The van der Waals surface area contributed by atoms with Crippen molar-refractivity contribution >= 4 is 11.6 Å². The topological polar surface area (TPSA) is 0 Å². The molecule has 0 atom stereocenters. The van der Waals surface area contributed by atoms with Crippen LogP contribution in [0, 0.1) is 6.92 Å². The number of halogens is 1. The van der Waals surface area contributed by atoms with Gasteiger partial charge in [0.2, 0.25) is 0 Å². The van der Waals surface area contributed by atoms with Gasteiger partial charge in [0, 0.05) is 5.02 Å². The molecule has 1 heteroatoms. The molecule has 0 aliphatic rings. The predicted octanol–water partition coefficient (Wildman–Crippen LogP) is 4.55. The van der Waals surface area contributed by atoms with Crippen molar-refractivity contribution in [3.8, 4) is 0 Å². The van der Waals surface area contributed by atoms with Crippen molar-refractivity contribution in [3.05, 3.63) is 34.3 Å². The summed E-state index contributed by atoms with van der Waals surface area (Å²) in [5.41, 5.74) is 2.77. The summed E-state index contributed by atoms with van der Waals surface area (Å²) in [6.45, 7) is 6.62. The van der Waals surface area contributed by atoms with Gasteiger partial charge >= 0.3 is 0 Å². The molecule has 1 rings (SSSR count). The van der Waals surface area contributed by atoms with Crippen LogP contribution in [0.1, 0.15) is 43.7 Å². The highest BCUT2D eigenvalue weighted by Gasteiger charge is 2.09. The van der Waals surface area contributed by atoms with E-state index in [1.165, 1.54) is 24.0 Å². The molecule has 0 fully saturated rings. The molecule has 1 aromatic carbocycles. The molecule has 0 bridgehead atoms. The fraction of sp³-hybridized carbons (Fsp3) is 0.500. The lowest BCUT2D eigenvalue weighted by Gasteiger charge is -2.15. The summed E-state index contributed by atoms with van der Waals surface area (Å²) in [4.78, 5) is 0. The lowest BCUT2D eigenvalue weighted by molar-refractivity contribution is 0.638. The van der Waals surface area contributed by atoms with E-state index >= 15 is 0 Å². The number of benzene rings is 1. The van der Waals surface area contributed by atoms with Crippen LogP contribution in [-0.4, -0.2) is 0 Å². The molecular weight excluding hydrogens is 180 g/mol. The second kappa shape index (κ2) is 4.66. The fourth-order valence-corrected chi connectivity index (χ4v) is 2.05. The lowest BCUT2D eigenvalue weighted by Crippen LogP contribution is -1.97. The van der Waals surface area contributed by atoms with E-state index < -0.39 is 0 Å². The number of rotatable bonds is 3. The maximum absolute atomic E-state index is 5.91. The van der Waals surface area contributed by atoms with Crippen molar-refractivity contribution in [2.45, 2.75) is 39.5 Å². The molecule has 0 heterocycles. The summed E-state index contributed by atoms with van der Waals surface area (Å²) >= 11 is 5.91. The van der Waals surface area contributed by atoms with Crippen molar-refractivity contribution in [2.75, 3.05) is 0 Å². The number of hydrogen-bond donors (Lipinski definition) is 0. The third kappa shape index (κ3) is 2.47. The van der Waals surface area contributed by atoms with Crippen LogP contribution in [0.5, 0.6) is 0 Å². The molecule has 0 nitrogen and oxygen atoms in total. The van der Waals surface area contributed by atoms with Crippen LogP contribution >= 0.6 is 11.6 Å². The van der Waals surface area contributed by atoms with E-state index in [-0.39, 0.29) is 0 Å². The molecule has 0 N–H and O–H groups in total. The lowest BCUT2D eigenvalue weighted by atomic mass is 9.91. The number of aryl methyl sites for hydroxylation is 1. The van der Waals surface area contributed by atoms with Gasteiger partial charge in [-0.3, -0.25) is 0 Å². The van der Waals surface area contributed by atoms with Gasteiger partial charge in [-0.05, 0) is 48.9 Å². The van der Waals surface area contributed by atoms with Gasteiger partial charge in [0.25, 0.3) is 0 Å². The standard InChI is InChI=1S/C12H17Cl/c1-4-10(5-2)12-7-6-11(13)8-9(12)3/h6-8,10H,4-5H2,1-3H3. The first-order valence-corrected chi connectivity index (χ1v) is 5.32. The van der Waals surface area contributed by atoms with Crippen molar-refractivity contribution in [1.29, 1.82) is 0 Å². The Morgan fingerprint density at radius 2 is 1.85 bits per heavy atom. The van der Waals surface area contributed by atoms with Crippen LogP contribution in [0.4, 0.5) is 0 Å². The minimum atomic E-state index is 0.692. The Balaban J connectivity index is 2.99. The third-order valence-corrected chi connectivity index (χ3v) is 2.89. The normalized spacial score (nSPS) is 10.8. The summed E-state index contributed by atoms with van der Waals surface area (Å²) in [5, 5.41) is 0.840. The van der Waals surface area contributed by atoms with Gasteiger partial charge in [-0.2, -0.15) is 0 Å². The zero-order chi connectivity index (χ0) is 9.84. The maximum atomic E-state index is 5.91. The minimum absolute atomic E-state index is 0.692. The average molecular weight is 197 g/mol. The monoisotopic (exact) mass is 196 g/mol. The molecule has 0 aliphatic heterocycles. The van der Waals surface area contributed by atoms with Crippen LogP contribution in [-0.2, 0) is 0 Å². The first-order valence-electron chi connectivity index (χ1n) is 4.95. The predicted molar refractivity (Wildman–Crippen MR) is 59.5 cm³/mol. The largest absolute Gasteiger partial charge is 0.0843 e. The zero-order valence-corrected chi connectivity index (χ0v) is 9.36. The van der Waals surface area contributed by atoms with Crippen LogP contribution in [0.3, 0.4) is 0 Å². The molecule has 72 valence electrons. The van der Waals surface area contributed by atoms with Crippen LogP contribution in [0.2, 0.25) is 5.02 Å². The van der Waals surface area contributed by atoms with Gasteiger partial charge in [-0.15, -0.1) is 0 Å². The molecule has 0 saturated carbocycles. The van der Waals surface area contributed by atoms with Crippen molar-refractivity contribution in [3.63, 3.8) is 0 Å². The van der Waals surface area contributed by atoms with E-state index in [4.69, 9.17) is 11.6 Å². The molecule has 0 aromatic heterocycles. The second-order valence-electron chi connectivity index (χ2n) is 3.51. The van der Waals surface area contributed by atoms with E-state index in [1.54, 1.807) is 0 Å². The Kier molecular flexibility index (Phi) is 3.80. The Bertz CT molecular complexity index is 274. The molecule has 0 aliphatic carbocycles. The number of hydrogen-bond acceptors (Lipinski definition) is 0. The van der Waals surface area contributed by atoms with Gasteiger partial charge in [0.05, 0.1) is 0 Å². The van der Waals surface area contributed by atoms with Gasteiger partial charge in [0.1, 0.15) is 0 Å². The molecule has 0 amide bonds. The zero-order valence-electron chi connectivity index (χ0n) is 8.60. The Hall–Kier alpha value is -0.490. The third-order valence-electron chi connectivity index (χ3n) is 2.66. The summed E-state index contributed by atoms with van der Waals surface area (Å²) in [6, 6.07) is 6.20. The molecule has 0 saturated heterocycles. The Morgan fingerprint density at radius 3 is 2.31 bits per heavy atom. The van der Waals surface area contributed by atoms with E-state index in [0.29, 0.717) is 5.92 Å². The van der Waals surface area contributed by atoms with E-state index in [2.05, 4.69) is 32.9 Å². The van der Waals surface area contributed by atoms with Crippen LogP contribution < -0.4 is 0 Å². The van der Waals surface area contributed by atoms with E-state index in [0.717, 1.165) is 5.02 Å². The average Bonchev–Trinajstić information content (AvgIpc) is 2.10. The summed E-state index contributed by atoms with van der Waals surface area (Å²) < 4.78 is 0. The summed E-state index contributed by atoms with van der Waals surface area (Å²) in [5.74, 6) is 0.692. The van der Waals surface area contributed by atoms with E-state index in [9.17, 15) is 0 Å². The van der Waals surface area contributed by atoms with Crippen molar-refractivity contribution in [1.82, 2.24) is 0 Å². The summed E-state index contributed by atoms with van der Waals surface area (Å²) in [6.07, 6.45) is 2.41. The SMILES string of the molecule is CCC(CC)c1ccc(Cl)cc1C. The first-order chi connectivity index (χ1) is 6.19. The smallest absolute Gasteiger partial charge is 0.0408 e. The molecule has 0 spiro atoms. The van der Waals surface area contributed by atoms with Gasteiger partial charge in [-0.25, -0.2) is 0 Å². The summed E-state index contributed by atoms with van der Waals surface area (Å²) in [7, 11) is 0. The molecule has 0 unspecified atom stereocenters. The second-order valence-corrected chi connectivity index (χ2v) is 3.95. The highest BCUT2D eigenvalue weighted by atomic mass is 35.5. The molecule has 0 radical (unpaired) electrons. The van der Waals surface area contributed by atoms with Crippen LogP contribution in [0.25, 0.3) is 0 Å². The quantitative estimate of drug-likeness (QED) is 0.665. The fourth-order valence-electron chi connectivity index (χ4n) is 1.83. The molecule has 13 heavy (non-hydrogen) atoms. The molecule has 1 aromatic rings. The Labute approximate surface area is 85.9 Å². The van der Waals surface area contributed by atoms with Crippen molar-refractivity contribution < 1.29 is 0 Å². The van der Waals surface area contributed by atoms with Crippen molar-refractivity contribution in [2.24, 2.45) is 0 Å². The highest BCUT2D eigenvalue weighted by Crippen LogP contribution is 2.27. The van der Waals surface area contributed by atoms with Gasteiger partial charge in [0.15, 0.2) is 0 Å². The minimum Gasteiger partial charge on any atom is -0.0843 e. The Morgan fingerprint density at radius 1 is 1.23 bits per heavy atom. The van der Waals surface area contributed by atoms with Gasteiger partial charge < -0.3 is 0 Å².